The van der Waals surface area contributed by atoms with Crippen molar-refractivity contribution in [2.75, 3.05) is 6.54 Å². The monoisotopic (exact) mass is 497 g/mol. The first-order valence-electron chi connectivity index (χ1n) is 14.4. The number of nitrogens with one attached hydrogen (secondary N) is 1. The van der Waals surface area contributed by atoms with Gasteiger partial charge in [-0.2, -0.15) is 0 Å². The predicted octanol–water partition coefficient (Wildman–Crippen LogP) is 8.40. The molecule has 0 aliphatic carbocycles. The molecule has 0 saturated carbocycles. The van der Waals surface area contributed by atoms with Gasteiger partial charge in [-0.15, -0.1) is 0 Å². The van der Waals surface area contributed by atoms with E-state index in [1.807, 2.05) is 20.8 Å². The lowest BCUT2D eigenvalue weighted by Gasteiger charge is -2.19. The zero-order chi connectivity index (χ0) is 26.2. The summed E-state index contributed by atoms with van der Waals surface area (Å²) in [5.41, 5.74) is -0.450. The molecule has 0 aromatic rings. The molecule has 6 heteroatoms. The van der Waals surface area contributed by atoms with E-state index in [9.17, 15) is 14.4 Å². The summed E-state index contributed by atoms with van der Waals surface area (Å²) < 4.78 is 10.1. The molecule has 1 N–H and O–H groups in total. The number of esters is 2. The Morgan fingerprint density at radius 2 is 0.943 bits per heavy atom. The minimum Gasteiger partial charge on any atom is -0.444 e. The van der Waals surface area contributed by atoms with Crippen LogP contribution in [0.3, 0.4) is 0 Å². The predicted molar refractivity (Wildman–Crippen MR) is 143 cm³/mol. The van der Waals surface area contributed by atoms with Crippen LogP contribution in [0.5, 0.6) is 0 Å². The Kier molecular flexibility index (Phi) is 21.8. The molecule has 6 nitrogen and oxygen atoms in total. The van der Waals surface area contributed by atoms with Gasteiger partial charge in [-0.05, 0) is 40.0 Å². The summed E-state index contributed by atoms with van der Waals surface area (Å²) in [5.74, 6) is -0.731. The van der Waals surface area contributed by atoms with Gasteiger partial charge in [0.15, 0.2) is 0 Å². The van der Waals surface area contributed by atoms with E-state index in [4.69, 9.17) is 9.47 Å². The molecule has 206 valence electrons. The topological polar surface area (TPSA) is 81.7 Å². The van der Waals surface area contributed by atoms with Crippen molar-refractivity contribution in [2.24, 2.45) is 0 Å². The number of rotatable bonds is 22. The highest BCUT2D eigenvalue weighted by atomic mass is 16.6. The number of amides is 1. The van der Waals surface area contributed by atoms with Crippen LogP contribution in [0.2, 0.25) is 0 Å². The lowest BCUT2D eigenvalue weighted by molar-refractivity contribution is -0.159. The van der Waals surface area contributed by atoms with Crippen LogP contribution in [0.15, 0.2) is 0 Å². The molecule has 0 aromatic heterocycles. The van der Waals surface area contributed by atoms with E-state index in [1.54, 1.807) is 0 Å². The molecule has 0 atom stereocenters. The van der Waals surface area contributed by atoms with Gasteiger partial charge in [-0.3, -0.25) is 9.59 Å². The Morgan fingerprint density at radius 1 is 0.571 bits per heavy atom. The number of hydrogen-bond donors (Lipinski definition) is 1. The van der Waals surface area contributed by atoms with E-state index in [-0.39, 0.29) is 18.0 Å². The molecule has 35 heavy (non-hydrogen) atoms. The molecule has 0 spiro atoms. The van der Waals surface area contributed by atoms with Crippen LogP contribution in [0.1, 0.15) is 156 Å². The zero-order valence-corrected chi connectivity index (χ0v) is 23.4. The second kappa shape index (κ2) is 22.8. The second-order valence-electron chi connectivity index (χ2n) is 10.8. The van der Waals surface area contributed by atoms with E-state index in [0.717, 1.165) is 44.9 Å². The van der Waals surface area contributed by atoms with Crippen LogP contribution in [-0.4, -0.2) is 30.2 Å². The minimum atomic E-state index is -0.450. The Hall–Kier alpha value is -1.59. The Morgan fingerprint density at radius 3 is 1.34 bits per heavy atom. The Labute approximate surface area is 215 Å². The summed E-state index contributed by atoms with van der Waals surface area (Å²) >= 11 is 0. The summed E-state index contributed by atoms with van der Waals surface area (Å²) in [6, 6.07) is 0. The van der Waals surface area contributed by atoms with Crippen molar-refractivity contribution < 1.29 is 23.9 Å². The summed E-state index contributed by atoms with van der Waals surface area (Å²) in [4.78, 5) is 35.1. The van der Waals surface area contributed by atoms with E-state index in [0.29, 0.717) is 19.4 Å². The summed E-state index contributed by atoms with van der Waals surface area (Å²) in [7, 11) is 0. The van der Waals surface area contributed by atoms with Crippen molar-refractivity contribution in [3.63, 3.8) is 0 Å². The van der Waals surface area contributed by atoms with E-state index in [1.165, 1.54) is 70.6 Å². The van der Waals surface area contributed by atoms with E-state index >= 15 is 0 Å². The normalized spacial score (nSPS) is 11.3. The number of hydrogen-bond acceptors (Lipinski definition) is 5. The molecule has 0 unspecified atom stereocenters. The van der Waals surface area contributed by atoms with Gasteiger partial charge in [0.25, 0.3) is 0 Å². The van der Waals surface area contributed by atoms with Crippen LogP contribution in [0, 0.1) is 0 Å². The smallest absolute Gasteiger partial charge is 0.407 e. The molecule has 0 rings (SSSR count). The lowest BCUT2D eigenvalue weighted by Crippen LogP contribution is -2.32. The number of carbonyl (C=O) groups is 3. The average molecular weight is 498 g/mol. The zero-order valence-electron chi connectivity index (χ0n) is 23.4. The minimum absolute atomic E-state index is 0.341. The van der Waals surface area contributed by atoms with Crippen molar-refractivity contribution in [3.8, 4) is 0 Å². The highest BCUT2D eigenvalue weighted by molar-refractivity contribution is 5.85. The van der Waals surface area contributed by atoms with Crippen molar-refractivity contribution in [2.45, 2.75) is 162 Å². The standard InChI is InChI=1S/C29H55NO5/c1-5-6-7-8-9-11-14-17-20-23-26(31)34-27(32)24-21-18-15-12-10-13-16-19-22-25-30-28(33)35-29(2,3)4/h5-25H2,1-4H3,(H,30,33). The first-order valence-corrected chi connectivity index (χ1v) is 14.4. The Bertz CT molecular complexity index is 542. The summed E-state index contributed by atoms with van der Waals surface area (Å²) in [6.07, 6.45) is 20.9. The molecular weight excluding hydrogens is 442 g/mol. The molecule has 0 bridgehead atoms. The third kappa shape index (κ3) is 26.9. The van der Waals surface area contributed by atoms with Crippen LogP contribution in [0.4, 0.5) is 4.79 Å². The van der Waals surface area contributed by atoms with Crippen molar-refractivity contribution in [3.05, 3.63) is 0 Å². The van der Waals surface area contributed by atoms with Gasteiger partial charge in [-0.25, -0.2) is 4.79 Å². The third-order valence-corrected chi connectivity index (χ3v) is 5.94. The third-order valence-electron chi connectivity index (χ3n) is 5.94. The van der Waals surface area contributed by atoms with Crippen molar-refractivity contribution in [1.29, 1.82) is 0 Å². The molecule has 0 radical (unpaired) electrons. The largest absolute Gasteiger partial charge is 0.444 e. The lowest BCUT2D eigenvalue weighted by atomic mass is 10.1. The quantitative estimate of drug-likeness (QED) is 0.0922. The molecule has 0 aliphatic rings. The highest BCUT2D eigenvalue weighted by Gasteiger charge is 2.15. The number of ether oxygens (including phenoxy) is 2. The fourth-order valence-electron chi connectivity index (χ4n) is 3.95. The van der Waals surface area contributed by atoms with Gasteiger partial charge in [-0.1, -0.05) is 103 Å². The summed E-state index contributed by atoms with van der Waals surface area (Å²) in [5, 5.41) is 2.79. The van der Waals surface area contributed by atoms with Crippen LogP contribution in [-0.2, 0) is 19.1 Å². The fourth-order valence-corrected chi connectivity index (χ4v) is 3.95. The maximum atomic E-state index is 11.8. The van der Waals surface area contributed by atoms with Crippen LogP contribution >= 0.6 is 0 Å². The summed E-state index contributed by atoms with van der Waals surface area (Å²) in [6.45, 7) is 8.47. The first-order chi connectivity index (χ1) is 16.7. The van der Waals surface area contributed by atoms with Gasteiger partial charge >= 0.3 is 18.0 Å². The number of carbonyl (C=O) groups excluding carboxylic acids is 3. The highest BCUT2D eigenvalue weighted by Crippen LogP contribution is 2.13. The van der Waals surface area contributed by atoms with Crippen LogP contribution in [0.25, 0.3) is 0 Å². The molecular formula is C29H55NO5. The first kappa shape index (κ1) is 33.4. The fraction of sp³-hybridized carbons (Fsp3) is 0.897. The van der Waals surface area contributed by atoms with Gasteiger partial charge in [0.05, 0.1) is 0 Å². The maximum absolute atomic E-state index is 11.8. The molecule has 0 aromatic carbocycles. The van der Waals surface area contributed by atoms with E-state index < -0.39 is 5.60 Å². The number of unbranched alkanes of at least 4 members (excludes halogenated alkanes) is 16. The molecule has 1 amide bonds. The second-order valence-corrected chi connectivity index (χ2v) is 10.8. The van der Waals surface area contributed by atoms with Crippen molar-refractivity contribution in [1.82, 2.24) is 5.32 Å². The van der Waals surface area contributed by atoms with Gasteiger partial charge < -0.3 is 14.8 Å². The SMILES string of the molecule is CCCCCCCCCCCC(=O)OC(=O)CCCCCCCCCCCNC(=O)OC(C)(C)C. The Balaban J connectivity index is 3.38. The molecule has 0 saturated heterocycles. The maximum Gasteiger partial charge on any atom is 0.407 e. The molecule has 0 fully saturated rings. The van der Waals surface area contributed by atoms with Crippen molar-refractivity contribution >= 4 is 18.0 Å². The van der Waals surface area contributed by atoms with Gasteiger partial charge in [0.1, 0.15) is 5.60 Å². The van der Waals surface area contributed by atoms with Gasteiger partial charge in [0, 0.05) is 19.4 Å². The molecule has 0 heterocycles. The van der Waals surface area contributed by atoms with Gasteiger partial charge in [0.2, 0.25) is 0 Å². The average Bonchev–Trinajstić information content (AvgIpc) is 2.77. The van der Waals surface area contributed by atoms with Crippen LogP contribution < -0.4 is 5.32 Å². The van der Waals surface area contributed by atoms with E-state index in [2.05, 4.69) is 12.2 Å². The number of alkyl carbamates (subject to hydrolysis) is 1. The molecule has 0 aliphatic heterocycles.